The van der Waals surface area contributed by atoms with Crippen LogP contribution in [0.3, 0.4) is 0 Å². The fourth-order valence-electron chi connectivity index (χ4n) is 4.42. The summed E-state index contributed by atoms with van der Waals surface area (Å²) in [5.41, 5.74) is 5.94. The lowest BCUT2D eigenvalue weighted by molar-refractivity contribution is -0.131. The molecule has 3 fully saturated rings. The molecule has 3 nitrogen and oxygen atoms in total. The van der Waals surface area contributed by atoms with Crippen molar-refractivity contribution in [3.63, 3.8) is 0 Å². The van der Waals surface area contributed by atoms with E-state index in [9.17, 15) is 4.79 Å². The molecule has 110 valence electrons. The quantitative estimate of drug-likeness (QED) is 0.866. The first-order valence-electron chi connectivity index (χ1n) is 7.67. The summed E-state index contributed by atoms with van der Waals surface area (Å²) in [6.07, 6.45) is 7.44. The van der Waals surface area contributed by atoms with Crippen molar-refractivity contribution in [1.29, 1.82) is 0 Å². The number of carbonyl (C=O) groups excluding carboxylic acids is 1. The first kappa shape index (κ1) is 15.1. The van der Waals surface area contributed by atoms with Gasteiger partial charge in [0.25, 0.3) is 0 Å². The van der Waals surface area contributed by atoms with E-state index < -0.39 is 0 Å². The number of nitrogens with two attached hydrogens (primary N) is 1. The molecular weight excluding hydrogens is 260 g/mol. The largest absolute Gasteiger partial charge is 0.342 e. The number of halogens is 1. The Morgan fingerprint density at radius 2 is 2.11 bits per heavy atom. The molecule has 2 saturated carbocycles. The minimum atomic E-state index is 0. The Hall–Kier alpha value is -0.280. The fourth-order valence-corrected chi connectivity index (χ4v) is 4.42. The number of fused-ring (bicyclic) bond motifs is 2. The lowest BCUT2D eigenvalue weighted by Crippen LogP contribution is -2.34. The fraction of sp³-hybridized carbons (Fsp3) is 0.933. The van der Waals surface area contributed by atoms with Crippen LogP contribution in [-0.4, -0.2) is 29.9 Å². The predicted octanol–water partition coefficient (Wildman–Crippen LogP) is 2.43. The highest BCUT2D eigenvalue weighted by atomic mass is 35.5. The molecule has 0 aromatic heterocycles. The van der Waals surface area contributed by atoms with Gasteiger partial charge in [-0.15, -0.1) is 12.4 Å². The summed E-state index contributed by atoms with van der Waals surface area (Å²) in [7, 11) is 0. The third kappa shape index (κ3) is 3.08. The molecule has 5 unspecified atom stereocenters. The van der Waals surface area contributed by atoms with Gasteiger partial charge in [-0.25, -0.2) is 0 Å². The lowest BCUT2D eigenvalue weighted by atomic mass is 9.86. The zero-order valence-corrected chi connectivity index (χ0v) is 12.7. The van der Waals surface area contributed by atoms with Crippen molar-refractivity contribution in [3.05, 3.63) is 0 Å². The molecule has 1 aliphatic heterocycles. The lowest BCUT2D eigenvalue weighted by Gasteiger charge is -2.24. The average molecular weight is 287 g/mol. The molecule has 0 aromatic carbocycles. The second-order valence-corrected chi connectivity index (χ2v) is 6.89. The van der Waals surface area contributed by atoms with Gasteiger partial charge in [0.1, 0.15) is 0 Å². The Bertz CT molecular complexity index is 334. The van der Waals surface area contributed by atoms with Crippen molar-refractivity contribution in [3.8, 4) is 0 Å². The van der Waals surface area contributed by atoms with E-state index in [1.165, 1.54) is 25.7 Å². The first-order chi connectivity index (χ1) is 8.63. The summed E-state index contributed by atoms with van der Waals surface area (Å²) >= 11 is 0. The van der Waals surface area contributed by atoms with E-state index in [0.717, 1.165) is 37.8 Å². The summed E-state index contributed by atoms with van der Waals surface area (Å²) in [6.45, 7) is 3.90. The van der Waals surface area contributed by atoms with Gasteiger partial charge in [0.15, 0.2) is 0 Å². The van der Waals surface area contributed by atoms with Crippen LogP contribution in [0.2, 0.25) is 0 Å². The van der Waals surface area contributed by atoms with Crippen molar-refractivity contribution >= 4 is 18.3 Å². The van der Waals surface area contributed by atoms with Crippen LogP contribution < -0.4 is 5.73 Å². The highest BCUT2D eigenvalue weighted by Gasteiger charge is 2.41. The topological polar surface area (TPSA) is 46.3 Å². The van der Waals surface area contributed by atoms with Gasteiger partial charge < -0.3 is 10.6 Å². The number of hydrogen-bond donors (Lipinski definition) is 1. The van der Waals surface area contributed by atoms with Gasteiger partial charge in [-0.1, -0.05) is 6.42 Å². The molecule has 5 atom stereocenters. The van der Waals surface area contributed by atoms with Crippen molar-refractivity contribution in [2.45, 2.75) is 51.5 Å². The number of hydrogen-bond acceptors (Lipinski definition) is 2. The minimum Gasteiger partial charge on any atom is -0.342 e. The van der Waals surface area contributed by atoms with Gasteiger partial charge in [-0.3, -0.25) is 4.79 Å². The zero-order chi connectivity index (χ0) is 12.7. The molecule has 3 aliphatic rings. The van der Waals surface area contributed by atoms with E-state index in [2.05, 4.69) is 11.8 Å². The molecule has 0 aromatic rings. The molecule has 2 bridgehead atoms. The van der Waals surface area contributed by atoms with Crippen LogP contribution in [0.1, 0.15) is 45.4 Å². The molecule has 4 heteroatoms. The summed E-state index contributed by atoms with van der Waals surface area (Å²) in [5.74, 6) is 3.43. The third-order valence-electron chi connectivity index (χ3n) is 5.64. The van der Waals surface area contributed by atoms with Crippen LogP contribution in [0.15, 0.2) is 0 Å². The molecule has 1 amide bonds. The summed E-state index contributed by atoms with van der Waals surface area (Å²) < 4.78 is 0. The maximum absolute atomic E-state index is 12.3. The molecule has 1 saturated heterocycles. The van der Waals surface area contributed by atoms with Gasteiger partial charge in [0.2, 0.25) is 5.91 Å². The van der Waals surface area contributed by atoms with Crippen molar-refractivity contribution in [1.82, 2.24) is 4.90 Å². The molecule has 2 N–H and O–H groups in total. The third-order valence-corrected chi connectivity index (χ3v) is 5.64. The van der Waals surface area contributed by atoms with Gasteiger partial charge in [0, 0.05) is 25.6 Å². The van der Waals surface area contributed by atoms with Crippen molar-refractivity contribution in [2.24, 2.45) is 29.4 Å². The van der Waals surface area contributed by atoms with E-state index in [0.29, 0.717) is 17.7 Å². The Labute approximate surface area is 122 Å². The highest BCUT2D eigenvalue weighted by molar-refractivity contribution is 5.85. The number of nitrogens with zero attached hydrogens (tertiary/aromatic N) is 1. The van der Waals surface area contributed by atoms with E-state index in [1.807, 2.05) is 0 Å². The Morgan fingerprint density at radius 1 is 1.32 bits per heavy atom. The number of rotatable bonds is 3. The van der Waals surface area contributed by atoms with Gasteiger partial charge in [-0.05, 0) is 56.3 Å². The first-order valence-corrected chi connectivity index (χ1v) is 7.67. The van der Waals surface area contributed by atoms with Crippen LogP contribution in [0, 0.1) is 23.7 Å². The van der Waals surface area contributed by atoms with Crippen LogP contribution >= 0.6 is 12.4 Å². The predicted molar refractivity (Wildman–Crippen MR) is 79.1 cm³/mol. The van der Waals surface area contributed by atoms with Crippen LogP contribution in [0.25, 0.3) is 0 Å². The zero-order valence-electron chi connectivity index (χ0n) is 11.9. The van der Waals surface area contributed by atoms with E-state index in [1.54, 1.807) is 0 Å². The average Bonchev–Trinajstić information content (AvgIpc) is 3.04. The molecule has 3 rings (SSSR count). The Morgan fingerprint density at radius 3 is 2.63 bits per heavy atom. The maximum atomic E-state index is 12.3. The second-order valence-electron chi connectivity index (χ2n) is 6.89. The standard InChI is InChI=1S/C15H26N2O.ClH/c1-10(16)13-4-5-17(9-13)15(18)8-14-7-11-2-3-12(14)6-11;/h10-14H,2-9,16H2,1H3;1H. The van der Waals surface area contributed by atoms with Crippen LogP contribution in [0.4, 0.5) is 0 Å². The van der Waals surface area contributed by atoms with E-state index >= 15 is 0 Å². The monoisotopic (exact) mass is 286 g/mol. The molecule has 1 heterocycles. The Kier molecular flexibility index (Phi) is 4.78. The van der Waals surface area contributed by atoms with Crippen LogP contribution in [-0.2, 0) is 4.79 Å². The maximum Gasteiger partial charge on any atom is 0.222 e. The summed E-state index contributed by atoms with van der Waals surface area (Å²) in [4.78, 5) is 14.4. The molecule has 0 spiro atoms. The molecule has 2 aliphatic carbocycles. The smallest absolute Gasteiger partial charge is 0.222 e. The minimum absolute atomic E-state index is 0. The number of amides is 1. The van der Waals surface area contributed by atoms with Crippen molar-refractivity contribution < 1.29 is 4.79 Å². The number of likely N-dealkylation sites (tertiary alicyclic amines) is 1. The summed E-state index contributed by atoms with van der Waals surface area (Å²) in [6, 6.07) is 0.227. The number of carbonyl (C=O) groups is 1. The van der Waals surface area contributed by atoms with E-state index in [-0.39, 0.29) is 18.4 Å². The van der Waals surface area contributed by atoms with Gasteiger partial charge in [-0.2, -0.15) is 0 Å². The summed E-state index contributed by atoms with van der Waals surface area (Å²) in [5, 5.41) is 0. The Balaban J connectivity index is 0.00000133. The molecular formula is C15H27ClN2O. The normalized spacial score (nSPS) is 38.3. The van der Waals surface area contributed by atoms with E-state index in [4.69, 9.17) is 5.73 Å². The highest BCUT2D eigenvalue weighted by Crippen LogP contribution is 2.49. The SMILES string of the molecule is CC(N)C1CCN(C(=O)CC2CC3CCC2C3)C1.Cl. The second kappa shape index (κ2) is 6.01. The molecule has 19 heavy (non-hydrogen) atoms. The van der Waals surface area contributed by atoms with Crippen molar-refractivity contribution in [2.75, 3.05) is 13.1 Å². The molecule has 0 radical (unpaired) electrons. The van der Waals surface area contributed by atoms with Crippen LogP contribution in [0.5, 0.6) is 0 Å². The van der Waals surface area contributed by atoms with Gasteiger partial charge >= 0.3 is 0 Å². The van der Waals surface area contributed by atoms with Gasteiger partial charge in [0.05, 0.1) is 0 Å².